The molecule has 0 amide bonds. The van der Waals surface area contributed by atoms with Gasteiger partial charge in [0.2, 0.25) is 5.95 Å². The van der Waals surface area contributed by atoms with Crippen molar-refractivity contribution in [1.82, 2.24) is 9.55 Å². The molecule has 114 valence electrons. The standard InChI is InChI=1S/C16H17N3O3/c1-3-22-15(21)12-10-17-16-18(8-9-19(16)14(12)20)13-7-5-4-6-11(13)2/h4-7,10H,3,8-9H2,1-2H3. The summed E-state index contributed by atoms with van der Waals surface area (Å²) in [5.74, 6) is -0.0583. The van der Waals surface area contributed by atoms with Gasteiger partial charge in [-0.1, -0.05) is 18.2 Å². The fraction of sp³-hybridized carbons (Fsp3) is 0.312. The van der Waals surface area contributed by atoms with Crippen LogP contribution in [0.15, 0.2) is 35.3 Å². The summed E-state index contributed by atoms with van der Waals surface area (Å²) in [6, 6.07) is 7.94. The van der Waals surface area contributed by atoms with E-state index in [0.29, 0.717) is 19.0 Å². The van der Waals surface area contributed by atoms with Gasteiger partial charge in [-0.2, -0.15) is 0 Å². The number of hydrogen-bond donors (Lipinski definition) is 0. The van der Waals surface area contributed by atoms with E-state index in [-0.39, 0.29) is 17.7 Å². The maximum Gasteiger partial charge on any atom is 0.345 e. The highest BCUT2D eigenvalue weighted by atomic mass is 16.5. The summed E-state index contributed by atoms with van der Waals surface area (Å²) in [6.07, 6.45) is 1.31. The zero-order chi connectivity index (χ0) is 15.7. The van der Waals surface area contributed by atoms with Crippen LogP contribution in [0.25, 0.3) is 0 Å². The molecule has 0 saturated carbocycles. The Balaban J connectivity index is 2.04. The predicted molar refractivity (Wildman–Crippen MR) is 82.6 cm³/mol. The molecule has 2 aromatic rings. The second-order valence-corrected chi connectivity index (χ2v) is 5.09. The number of para-hydroxylation sites is 1. The molecule has 0 spiro atoms. The second-order valence-electron chi connectivity index (χ2n) is 5.09. The largest absolute Gasteiger partial charge is 0.462 e. The van der Waals surface area contributed by atoms with Crippen LogP contribution < -0.4 is 10.5 Å². The lowest BCUT2D eigenvalue weighted by Gasteiger charge is -2.19. The van der Waals surface area contributed by atoms with Gasteiger partial charge in [0.05, 0.1) is 12.8 Å². The highest BCUT2D eigenvalue weighted by Gasteiger charge is 2.26. The van der Waals surface area contributed by atoms with Crippen molar-refractivity contribution in [2.24, 2.45) is 0 Å². The molecular weight excluding hydrogens is 282 g/mol. The van der Waals surface area contributed by atoms with Crippen molar-refractivity contribution in [2.45, 2.75) is 20.4 Å². The molecule has 0 saturated heterocycles. The quantitative estimate of drug-likeness (QED) is 0.810. The summed E-state index contributed by atoms with van der Waals surface area (Å²) in [6.45, 7) is 5.11. The molecule has 0 fully saturated rings. The molecule has 22 heavy (non-hydrogen) atoms. The number of esters is 1. The van der Waals surface area contributed by atoms with Crippen LogP contribution in [0.1, 0.15) is 22.8 Å². The van der Waals surface area contributed by atoms with Crippen LogP contribution in [0, 0.1) is 6.92 Å². The van der Waals surface area contributed by atoms with Gasteiger partial charge in [0.25, 0.3) is 5.56 Å². The molecule has 6 nitrogen and oxygen atoms in total. The second kappa shape index (κ2) is 5.63. The van der Waals surface area contributed by atoms with Crippen LogP contribution in [-0.2, 0) is 11.3 Å². The van der Waals surface area contributed by atoms with Crippen molar-refractivity contribution in [3.63, 3.8) is 0 Å². The Morgan fingerprint density at radius 3 is 2.82 bits per heavy atom. The topological polar surface area (TPSA) is 64.4 Å². The smallest absolute Gasteiger partial charge is 0.345 e. The minimum Gasteiger partial charge on any atom is -0.462 e. The first-order chi connectivity index (χ1) is 10.6. The Morgan fingerprint density at radius 2 is 2.09 bits per heavy atom. The van der Waals surface area contributed by atoms with Gasteiger partial charge in [-0.3, -0.25) is 9.36 Å². The predicted octanol–water partition coefficient (Wildman–Crippen LogP) is 1.88. The van der Waals surface area contributed by atoms with Crippen molar-refractivity contribution in [3.8, 4) is 0 Å². The monoisotopic (exact) mass is 299 g/mol. The molecule has 0 radical (unpaired) electrons. The molecule has 0 unspecified atom stereocenters. The number of benzene rings is 1. The Hall–Kier alpha value is -2.63. The summed E-state index contributed by atoms with van der Waals surface area (Å²) >= 11 is 0. The molecule has 0 bridgehead atoms. The van der Waals surface area contributed by atoms with Crippen LogP contribution in [0.3, 0.4) is 0 Å². The Labute approximate surface area is 128 Å². The fourth-order valence-corrected chi connectivity index (χ4v) is 2.64. The molecule has 6 heteroatoms. The van der Waals surface area contributed by atoms with Gasteiger partial charge >= 0.3 is 5.97 Å². The number of carbonyl (C=O) groups excluding carboxylic acids is 1. The van der Waals surface area contributed by atoms with Gasteiger partial charge in [0, 0.05) is 18.8 Å². The maximum absolute atomic E-state index is 12.4. The van der Waals surface area contributed by atoms with Gasteiger partial charge < -0.3 is 9.64 Å². The van der Waals surface area contributed by atoms with Crippen LogP contribution in [-0.4, -0.2) is 28.7 Å². The summed E-state index contributed by atoms with van der Waals surface area (Å²) < 4.78 is 6.42. The van der Waals surface area contributed by atoms with Crippen molar-refractivity contribution < 1.29 is 9.53 Å². The van der Waals surface area contributed by atoms with E-state index in [9.17, 15) is 9.59 Å². The van der Waals surface area contributed by atoms with E-state index in [0.717, 1.165) is 11.3 Å². The lowest BCUT2D eigenvalue weighted by Crippen LogP contribution is -2.27. The van der Waals surface area contributed by atoms with Crippen LogP contribution >= 0.6 is 0 Å². The van der Waals surface area contributed by atoms with Crippen molar-refractivity contribution in [3.05, 3.63) is 51.9 Å². The fourth-order valence-electron chi connectivity index (χ4n) is 2.64. The van der Waals surface area contributed by atoms with Crippen LogP contribution in [0.5, 0.6) is 0 Å². The van der Waals surface area contributed by atoms with E-state index in [1.807, 2.05) is 36.1 Å². The molecule has 0 N–H and O–H groups in total. The molecule has 3 rings (SSSR count). The number of aryl methyl sites for hydroxylation is 1. The first-order valence-corrected chi connectivity index (χ1v) is 7.23. The van der Waals surface area contributed by atoms with Crippen molar-refractivity contribution in [1.29, 1.82) is 0 Å². The number of rotatable bonds is 3. The summed E-state index contributed by atoms with van der Waals surface area (Å²) in [7, 11) is 0. The van der Waals surface area contributed by atoms with E-state index < -0.39 is 5.97 Å². The number of carbonyl (C=O) groups is 1. The van der Waals surface area contributed by atoms with Crippen LogP contribution in [0.4, 0.5) is 11.6 Å². The van der Waals surface area contributed by atoms with E-state index in [2.05, 4.69) is 4.98 Å². The number of aromatic nitrogens is 2. The normalized spacial score (nSPS) is 13.1. The van der Waals surface area contributed by atoms with Crippen molar-refractivity contribution >= 4 is 17.6 Å². The lowest BCUT2D eigenvalue weighted by molar-refractivity contribution is 0.0523. The number of nitrogens with zero attached hydrogens (tertiary/aromatic N) is 3. The lowest BCUT2D eigenvalue weighted by atomic mass is 10.2. The number of fused-ring (bicyclic) bond motifs is 1. The highest BCUT2D eigenvalue weighted by molar-refractivity contribution is 5.88. The average molecular weight is 299 g/mol. The van der Waals surface area contributed by atoms with Gasteiger partial charge in [0.1, 0.15) is 5.56 Å². The number of anilines is 2. The van der Waals surface area contributed by atoms with E-state index in [1.165, 1.54) is 10.8 Å². The van der Waals surface area contributed by atoms with Crippen LogP contribution in [0.2, 0.25) is 0 Å². The zero-order valence-electron chi connectivity index (χ0n) is 12.6. The highest BCUT2D eigenvalue weighted by Crippen LogP contribution is 2.29. The minimum absolute atomic E-state index is 0.0165. The van der Waals surface area contributed by atoms with E-state index >= 15 is 0 Å². The molecule has 1 aliphatic rings. The zero-order valence-corrected chi connectivity index (χ0v) is 12.6. The third kappa shape index (κ3) is 2.26. The first kappa shape index (κ1) is 14.3. The van der Waals surface area contributed by atoms with E-state index in [1.54, 1.807) is 6.92 Å². The first-order valence-electron chi connectivity index (χ1n) is 7.23. The Bertz CT molecular complexity index is 782. The SMILES string of the molecule is CCOC(=O)c1cnc2n(c1=O)CCN2c1ccccc1C. The summed E-state index contributed by atoms with van der Waals surface area (Å²) in [5, 5.41) is 0. The molecule has 1 aliphatic heterocycles. The maximum atomic E-state index is 12.4. The van der Waals surface area contributed by atoms with Gasteiger partial charge in [-0.15, -0.1) is 0 Å². The molecular formula is C16H17N3O3. The molecule has 1 aromatic heterocycles. The van der Waals surface area contributed by atoms with Gasteiger partial charge in [0.15, 0.2) is 0 Å². The Kier molecular flexibility index (Phi) is 3.66. The summed E-state index contributed by atoms with van der Waals surface area (Å²) in [5.41, 5.74) is 1.76. The average Bonchev–Trinajstić information content (AvgIpc) is 2.93. The molecule has 0 atom stereocenters. The third-order valence-electron chi connectivity index (χ3n) is 3.72. The number of ether oxygens (including phenoxy) is 1. The molecule has 2 heterocycles. The van der Waals surface area contributed by atoms with Crippen molar-refractivity contribution in [2.75, 3.05) is 18.1 Å². The van der Waals surface area contributed by atoms with E-state index in [4.69, 9.17) is 4.74 Å². The molecule has 1 aromatic carbocycles. The Morgan fingerprint density at radius 1 is 1.32 bits per heavy atom. The molecule has 0 aliphatic carbocycles. The van der Waals surface area contributed by atoms with Gasteiger partial charge in [-0.05, 0) is 25.5 Å². The third-order valence-corrected chi connectivity index (χ3v) is 3.72. The number of hydrogen-bond acceptors (Lipinski definition) is 5. The van der Waals surface area contributed by atoms with Gasteiger partial charge in [-0.25, -0.2) is 9.78 Å². The summed E-state index contributed by atoms with van der Waals surface area (Å²) in [4.78, 5) is 30.5. The minimum atomic E-state index is -0.621.